The van der Waals surface area contributed by atoms with E-state index in [1.54, 1.807) is 0 Å². The van der Waals surface area contributed by atoms with Crippen molar-refractivity contribution in [1.82, 2.24) is 9.80 Å². The highest BCUT2D eigenvalue weighted by molar-refractivity contribution is 5.79. The Morgan fingerprint density at radius 1 is 1.67 bits per heavy atom. The highest BCUT2D eigenvalue weighted by Gasteiger charge is 2.22. The third-order valence-electron chi connectivity index (χ3n) is 1.55. The van der Waals surface area contributed by atoms with Gasteiger partial charge in [0.1, 0.15) is 0 Å². The van der Waals surface area contributed by atoms with Gasteiger partial charge in [-0.2, -0.15) is 0 Å². The van der Waals surface area contributed by atoms with Crippen LogP contribution in [0.25, 0.3) is 0 Å². The lowest BCUT2D eigenvalue weighted by atomic mass is 10.5. The first-order valence-electron chi connectivity index (χ1n) is 3.20. The van der Waals surface area contributed by atoms with Crippen LogP contribution in [-0.4, -0.2) is 42.5 Å². The normalized spacial score (nSPS) is 21.6. The smallest absolute Gasteiger partial charge is 0.237 e. The van der Waals surface area contributed by atoms with Gasteiger partial charge in [0.25, 0.3) is 0 Å². The van der Waals surface area contributed by atoms with Crippen LogP contribution in [0.5, 0.6) is 0 Å². The molecule has 3 heteroatoms. The second kappa shape index (κ2) is 2.35. The maximum absolute atomic E-state index is 10.9. The lowest BCUT2D eigenvalue weighted by molar-refractivity contribution is -0.126. The van der Waals surface area contributed by atoms with Crippen molar-refractivity contribution >= 4 is 5.91 Å². The number of carbonyl (C=O) groups is 1. The van der Waals surface area contributed by atoms with Crippen molar-refractivity contribution in [2.24, 2.45) is 0 Å². The summed E-state index contributed by atoms with van der Waals surface area (Å²) in [4.78, 5) is 14.7. The first-order chi connectivity index (χ1) is 4.24. The molecule has 52 valence electrons. The molecule has 0 N–H and O–H groups in total. The van der Waals surface area contributed by atoms with E-state index in [0.717, 1.165) is 13.2 Å². The van der Waals surface area contributed by atoms with E-state index < -0.39 is 0 Å². The van der Waals surface area contributed by atoms with Crippen LogP contribution in [0.2, 0.25) is 0 Å². The van der Waals surface area contributed by atoms with Crippen LogP contribution in [0.15, 0.2) is 0 Å². The fraction of sp³-hybridized carbons (Fsp3) is 0.833. The second-order valence-electron chi connectivity index (χ2n) is 2.41. The van der Waals surface area contributed by atoms with Crippen molar-refractivity contribution in [3.05, 3.63) is 0 Å². The van der Waals surface area contributed by atoms with Crippen molar-refractivity contribution in [2.75, 3.05) is 26.8 Å². The Morgan fingerprint density at radius 2 is 2.33 bits per heavy atom. The molecule has 0 spiro atoms. The molecule has 1 fully saturated rings. The first kappa shape index (κ1) is 6.55. The molecule has 0 aromatic carbocycles. The van der Waals surface area contributed by atoms with Gasteiger partial charge in [0.2, 0.25) is 5.91 Å². The molecule has 0 radical (unpaired) electrons. The molecule has 0 saturated carbocycles. The monoisotopic (exact) mass is 128 g/mol. The topological polar surface area (TPSA) is 23.6 Å². The van der Waals surface area contributed by atoms with Gasteiger partial charge in [0.05, 0.1) is 13.2 Å². The molecule has 0 bridgehead atoms. The summed E-state index contributed by atoms with van der Waals surface area (Å²) in [6.07, 6.45) is 0. The number of likely N-dealkylation sites (N-methyl/N-ethyl adjacent to an activating group) is 2. The van der Waals surface area contributed by atoms with E-state index >= 15 is 0 Å². The van der Waals surface area contributed by atoms with Crippen LogP contribution < -0.4 is 0 Å². The van der Waals surface area contributed by atoms with Gasteiger partial charge in [-0.25, -0.2) is 0 Å². The fourth-order valence-corrected chi connectivity index (χ4v) is 1.03. The molecule has 9 heavy (non-hydrogen) atoms. The number of amides is 1. The van der Waals surface area contributed by atoms with E-state index in [4.69, 9.17) is 0 Å². The predicted octanol–water partition coefficient (Wildman–Crippen LogP) is -0.262. The van der Waals surface area contributed by atoms with Gasteiger partial charge in [-0.15, -0.1) is 0 Å². The molecular weight excluding hydrogens is 116 g/mol. The zero-order chi connectivity index (χ0) is 6.85. The molecule has 1 aliphatic rings. The Bertz CT molecular complexity index is 124. The Morgan fingerprint density at radius 3 is 2.56 bits per heavy atom. The van der Waals surface area contributed by atoms with E-state index in [9.17, 15) is 4.79 Å². The zero-order valence-electron chi connectivity index (χ0n) is 5.92. The summed E-state index contributed by atoms with van der Waals surface area (Å²) in [5, 5.41) is 0. The largest absolute Gasteiger partial charge is 0.329 e. The van der Waals surface area contributed by atoms with Crippen molar-refractivity contribution in [3.63, 3.8) is 0 Å². The number of hydrogen-bond donors (Lipinski definition) is 0. The Kier molecular flexibility index (Phi) is 1.71. The third-order valence-corrected chi connectivity index (χ3v) is 1.55. The molecular formula is C6H12N2O. The van der Waals surface area contributed by atoms with Crippen LogP contribution >= 0.6 is 0 Å². The molecule has 1 saturated heterocycles. The molecule has 1 rings (SSSR count). The van der Waals surface area contributed by atoms with E-state index in [-0.39, 0.29) is 5.91 Å². The first-order valence-corrected chi connectivity index (χ1v) is 3.20. The lowest BCUT2D eigenvalue weighted by Crippen LogP contribution is -2.25. The van der Waals surface area contributed by atoms with Gasteiger partial charge in [0, 0.05) is 6.54 Å². The van der Waals surface area contributed by atoms with Crippen LogP contribution in [-0.2, 0) is 4.79 Å². The molecule has 0 atom stereocenters. The predicted molar refractivity (Wildman–Crippen MR) is 34.9 cm³/mol. The quantitative estimate of drug-likeness (QED) is 0.485. The molecule has 3 nitrogen and oxygen atoms in total. The van der Waals surface area contributed by atoms with E-state index in [1.807, 2.05) is 23.8 Å². The average molecular weight is 128 g/mol. The minimum atomic E-state index is 0.250. The molecule has 0 unspecified atom stereocenters. The van der Waals surface area contributed by atoms with Crippen LogP contribution in [0, 0.1) is 0 Å². The summed E-state index contributed by atoms with van der Waals surface area (Å²) in [5.74, 6) is 0.250. The molecule has 1 amide bonds. The summed E-state index contributed by atoms with van der Waals surface area (Å²) in [6, 6.07) is 0. The van der Waals surface area contributed by atoms with Crippen molar-refractivity contribution < 1.29 is 4.79 Å². The highest BCUT2D eigenvalue weighted by Crippen LogP contribution is 2.01. The van der Waals surface area contributed by atoms with Gasteiger partial charge >= 0.3 is 0 Å². The Hall–Kier alpha value is -0.570. The number of nitrogens with zero attached hydrogens (tertiary/aromatic N) is 2. The second-order valence-corrected chi connectivity index (χ2v) is 2.41. The summed E-state index contributed by atoms with van der Waals surface area (Å²) >= 11 is 0. The van der Waals surface area contributed by atoms with Gasteiger partial charge in [-0.1, -0.05) is 0 Å². The highest BCUT2D eigenvalue weighted by atomic mass is 16.2. The molecule has 0 aromatic heterocycles. The summed E-state index contributed by atoms with van der Waals surface area (Å²) in [5.41, 5.74) is 0. The Balaban J connectivity index is 2.48. The van der Waals surface area contributed by atoms with E-state index in [2.05, 4.69) is 0 Å². The van der Waals surface area contributed by atoms with Crippen molar-refractivity contribution in [2.45, 2.75) is 6.92 Å². The van der Waals surface area contributed by atoms with Crippen LogP contribution in [0.1, 0.15) is 6.92 Å². The molecule has 0 aliphatic carbocycles. The standard InChI is InChI=1S/C6H12N2O/c1-3-8-5-7(2)4-6(8)9/h3-5H2,1-2H3. The molecule has 1 aliphatic heterocycles. The van der Waals surface area contributed by atoms with Gasteiger partial charge in [-0.05, 0) is 14.0 Å². The van der Waals surface area contributed by atoms with Crippen molar-refractivity contribution in [3.8, 4) is 0 Å². The average Bonchev–Trinajstić information content (AvgIpc) is 2.10. The number of hydrogen-bond acceptors (Lipinski definition) is 2. The number of rotatable bonds is 1. The minimum absolute atomic E-state index is 0.250. The Labute approximate surface area is 55.2 Å². The maximum atomic E-state index is 10.9. The summed E-state index contributed by atoms with van der Waals surface area (Å²) < 4.78 is 0. The SMILES string of the molecule is CCN1CN(C)CC1=O. The van der Waals surface area contributed by atoms with Gasteiger partial charge in [0.15, 0.2) is 0 Å². The van der Waals surface area contributed by atoms with Gasteiger partial charge < -0.3 is 4.90 Å². The fourth-order valence-electron chi connectivity index (χ4n) is 1.03. The van der Waals surface area contributed by atoms with Crippen LogP contribution in [0.4, 0.5) is 0 Å². The van der Waals surface area contributed by atoms with E-state index in [1.165, 1.54) is 0 Å². The van der Waals surface area contributed by atoms with E-state index in [0.29, 0.717) is 6.54 Å². The molecule has 0 aromatic rings. The van der Waals surface area contributed by atoms with Gasteiger partial charge in [-0.3, -0.25) is 9.69 Å². The zero-order valence-corrected chi connectivity index (χ0v) is 5.92. The maximum Gasteiger partial charge on any atom is 0.237 e. The lowest BCUT2D eigenvalue weighted by Gasteiger charge is -2.11. The number of carbonyl (C=O) groups excluding carboxylic acids is 1. The van der Waals surface area contributed by atoms with Crippen LogP contribution in [0.3, 0.4) is 0 Å². The minimum Gasteiger partial charge on any atom is -0.329 e. The van der Waals surface area contributed by atoms with Crippen molar-refractivity contribution in [1.29, 1.82) is 0 Å². The molecule has 1 heterocycles. The third kappa shape index (κ3) is 1.21. The summed E-state index contributed by atoms with van der Waals surface area (Å²) in [7, 11) is 1.95. The summed E-state index contributed by atoms with van der Waals surface area (Å²) in [6.45, 7) is 4.23.